The van der Waals surface area contributed by atoms with Gasteiger partial charge in [-0.3, -0.25) is 4.90 Å². The summed E-state index contributed by atoms with van der Waals surface area (Å²) in [5.41, 5.74) is 2.31. The highest BCUT2D eigenvalue weighted by atomic mass is 19.1. The Bertz CT molecular complexity index is 860. The molecule has 29 heavy (non-hydrogen) atoms. The maximum Gasteiger partial charge on any atom is 0.165 e. The van der Waals surface area contributed by atoms with Gasteiger partial charge < -0.3 is 19.1 Å². The van der Waals surface area contributed by atoms with E-state index in [0.717, 1.165) is 43.2 Å². The number of hydrogen-bond donors (Lipinski definition) is 0. The van der Waals surface area contributed by atoms with E-state index in [2.05, 4.69) is 21.9 Å². The van der Waals surface area contributed by atoms with Gasteiger partial charge in [-0.1, -0.05) is 6.07 Å². The van der Waals surface area contributed by atoms with Crippen molar-refractivity contribution < 1.29 is 18.6 Å². The van der Waals surface area contributed by atoms with Crippen LogP contribution < -0.4 is 19.1 Å². The molecule has 156 valence electrons. The number of piperazine rings is 1. The summed E-state index contributed by atoms with van der Waals surface area (Å²) in [6.45, 7) is 2.83. The smallest absolute Gasteiger partial charge is 0.165 e. The van der Waals surface area contributed by atoms with E-state index in [1.807, 2.05) is 12.1 Å². The summed E-state index contributed by atoms with van der Waals surface area (Å²) in [4.78, 5) is 4.97. The number of fused-ring (bicyclic) bond motifs is 1. The third-order valence-corrected chi connectivity index (χ3v) is 6.24. The molecule has 2 aromatic carbocycles. The Hall–Kier alpha value is -2.47. The van der Waals surface area contributed by atoms with Crippen LogP contribution in [0.1, 0.15) is 30.9 Å². The molecule has 0 N–H and O–H groups in total. The van der Waals surface area contributed by atoms with Gasteiger partial charge >= 0.3 is 0 Å². The van der Waals surface area contributed by atoms with Crippen LogP contribution in [0.2, 0.25) is 0 Å². The molecule has 2 heterocycles. The SMILES string of the molecule is COc1cc(N2CCN3C(c4ccc(OC)c(OC)c4)CCC[C@H]3C2)ccc1F. The maximum absolute atomic E-state index is 13.8. The van der Waals surface area contributed by atoms with Crippen molar-refractivity contribution >= 4 is 5.69 Å². The van der Waals surface area contributed by atoms with E-state index in [1.54, 1.807) is 20.3 Å². The number of halogens is 1. The molecule has 5 nitrogen and oxygen atoms in total. The van der Waals surface area contributed by atoms with E-state index < -0.39 is 0 Å². The molecule has 6 heteroatoms. The van der Waals surface area contributed by atoms with Crippen LogP contribution in [0.15, 0.2) is 36.4 Å². The van der Waals surface area contributed by atoms with E-state index in [-0.39, 0.29) is 5.82 Å². The van der Waals surface area contributed by atoms with Crippen LogP contribution in [0.3, 0.4) is 0 Å². The van der Waals surface area contributed by atoms with Gasteiger partial charge in [-0.15, -0.1) is 0 Å². The second-order valence-corrected chi connectivity index (χ2v) is 7.72. The van der Waals surface area contributed by atoms with Crippen molar-refractivity contribution in [3.05, 3.63) is 47.8 Å². The summed E-state index contributed by atoms with van der Waals surface area (Å²) in [7, 11) is 4.86. The molecular formula is C23H29FN2O3. The lowest BCUT2D eigenvalue weighted by atomic mass is 9.89. The molecule has 2 aromatic rings. The summed E-state index contributed by atoms with van der Waals surface area (Å²) < 4.78 is 29.9. The Kier molecular flexibility index (Phi) is 5.81. The van der Waals surface area contributed by atoms with Gasteiger partial charge in [0.25, 0.3) is 0 Å². The van der Waals surface area contributed by atoms with Gasteiger partial charge in [0.15, 0.2) is 23.1 Å². The van der Waals surface area contributed by atoms with Crippen molar-refractivity contribution in [1.29, 1.82) is 0 Å². The molecule has 0 amide bonds. The largest absolute Gasteiger partial charge is 0.494 e. The van der Waals surface area contributed by atoms with Gasteiger partial charge in [-0.2, -0.15) is 0 Å². The van der Waals surface area contributed by atoms with Gasteiger partial charge in [0.2, 0.25) is 0 Å². The molecule has 0 aromatic heterocycles. The number of ether oxygens (including phenoxy) is 3. The third kappa shape index (κ3) is 3.86. The van der Waals surface area contributed by atoms with Crippen molar-refractivity contribution in [3.8, 4) is 17.2 Å². The first-order valence-corrected chi connectivity index (χ1v) is 10.2. The van der Waals surface area contributed by atoms with Crippen molar-refractivity contribution in [1.82, 2.24) is 4.90 Å². The molecule has 0 saturated carbocycles. The first-order chi connectivity index (χ1) is 14.1. The van der Waals surface area contributed by atoms with Crippen LogP contribution in [0.5, 0.6) is 17.2 Å². The van der Waals surface area contributed by atoms with Crippen molar-refractivity contribution in [2.45, 2.75) is 31.3 Å². The van der Waals surface area contributed by atoms with Gasteiger partial charge in [0.1, 0.15) is 0 Å². The molecule has 0 bridgehead atoms. The van der Waals surface area contributed by atoms with E-state index in [0.29, 0.717) is 17.8 Å². The highest BCUT2D eigenvalue weighted by molar-refractivity contribution is 5.52. The Morgan fingerprint density at radius 3 is 2.41 bits per heavy atom. The lowest BCUT2D eigenvalue weighted by molar-refractivity contribution is 0.0715. The highest BCUT2D eigenvalue weighted by Gasteiger charge is 2.36. The number of benzene rings is 2. The Morgan fingerprint density at radius 1 is 0.862 bits per heavy atom. The molecule has 2 aliphatic heterocycles. The molecule has 0 radical (unpaired) electrons. The molecule has 4 rings (SSSR count). The molecule has 0 spiro atoms. The van der Waals surface area contributed by atoms with Crippen LogP contribution in [0, 0.1) is 5.82 Å². The number of rotatable bonds is 5. The number of methoxy groups -OCH3 is 3. The number of piperidine rings is 1. The Morgan fingerprint density at radius 2 is 1.66 bits per heavy atom. The van der Waals surface area contributed by atoms with Crippen LogP contribution in [0.25, 0.3) is 0 Å². The average molecular weight is 400 g/mol. The maximum atomic E-state index is 13.8. The lowest BCUT2D eigenvalue weighted by Crippen LogP contribution is -2.55. The van der Waals surface area contributed by atoms with Crippen molar-refractivity contribution in [3.63, 3.8) is 0 Å². The van der Waals surface area contributed by atoms with E-state index in [1.165, 1.54) is 31.6 Å². The van der Waals surface area contributed by atoms with Gasteiger partial charge in [0, 0.05) is 43.5 Å². The second kappa shape index (κ2) is 8.49. The van der Waals surface area contributed by atoms with Crippen LogP contribution in [-0.4, -0.2) is 51.9 Å². The van der Waals surface area contributed by atoms with Crippen LogP contribution >= 0.6 is 0 Å². The summed E-state index contributed by atoms with van der Waals surface area (Å²) >= 11 is 0. The first kappa shape index (κ1) is 19.8. The Balaban J connectivity index is 1.53. The molecule has 2 fully saturated rings. The minimum Gasteiger partial charge on any atom is -0.494 e. The molecule has 0 aliphatic carbocycles. The number of hydrogen-bond acceptors (Lipinski definition) is 5. The number of nitrogens with zero attached hydrogens (tertiary/aromatic N) is 2. The summed E-state index contributed by atoms with van der Waals surface area (Å²) in [6, 6.07) is 12.3. The van der Waals surface area contributed by atoms with E-state index in [4.69, 9.17) is 14.2 Å². The van der Waals surface area contributed by atoms with Crippen molar-refractivity contribution in [2.24, 2.45) is 0 Å². The molecule has 2 saturated heterocycles. The minimum absolute atomic E-state index is 0.303. The Labute approximate surface area is 172 Å². The predicted octanol–water partition coefficient (Wildman–Crippen LogP) is 4.27. The lowest BCUT2D eigenvalue weighted by Gasteiger charge is -2.49. The van der Waals surface area contributed by atoms with E-state index >= 15 is 0 Å². The zero-order valence-electron chi connectivity index (χ0n) is 17.4. The monoisotopic (exact) mass is 400 g/mol. The second-order valence-electron chi connectivity index (χ2n) is 7.72. The molecule has 2 atom stereocenters. The minimum atomic E-state index is -0.318. The van der Waals surface area contributed by atoms with Gasteiger partial charge in [-0.25, -0.2) is 4.39 Å². The molecule has 1 unspecified atom stereocenters. The molecular weight excluding hydrogens is 371 g/mol. The normalized spacial score (nSPS) is 22.1. The fraction of sp³-hybridized carbons (Fsp3) is 0.478. The summed E-state index contributed by atoms with van der Waals surface area (Å²) in [5.74, 6) is 1.53. The third-order valence-electron chi connectivity index (χ3n) is 6.24. The standard InChI is InChI=1S/C23H29FN2O3/c1-27-21-10-7-16(13-23(21)29-3)20-6-4-5-18-15-25(11-12-26(18)20)17-8-9-19(24)22(14-17)28-2/h7-10,13-14,18,20H,4-6,11-12,15H2,1-3H3/t18-,20?/m0/s1. The fourth-order valence-corrected chi connectivity index (χ4v) is 4.75. The first-order valence-electron chi connectivity index (χ1n) is 10.2. The van der Waals surface area contributed by atoms with E-state index in [9.17, 15) is 4.39 Å². The molecule has 2 aliphatic rings. The zero-order valence-corrected chi connectivity index (χ0v) is 17.4. The number of anilines is 1. The van der Waals surface area contributed by atoms with Gasteiger partial charge in [0.05, 0.1) is 21.3 Å². The summed E-state index contributed by atoms with van der Waals surface area (Å²) in [5, 5.41) is 0. The topological polar surface area (TPSA) is 34.2 Å². The average Bonchev–Trinajstić information content (AvgIpc) is 2.78. The quantitative estimate of drug-likeness (QED) is 0.749. The van der Waals surface area contributed by atoms with Crippen molar-refractivity contribution in [2.75, 3.05) is 45.9 Å². The zero-order chi connectivity index (χ0) is 20.4. The van der Waals surface area contributed by atoms with Crippen LogP contribution in [0.4, 0.5) is 10.1 Å². The van der Waals surface area contributed by atoms with Gasteiger partial charge in [-0.05, 0) is 49.1 Å². The predicted molar refractivity (Wildman–Crippen MR) is 112 cm³/mol. The highest BCUT2D eigenvalue weighted by Crippen LogP contribution is 2.40. The van der Waals surface area contributed by atoms with Crippen LogP contribution in [-0.2, 0) is 0 Å². The summed E-state index contributed by atoms with van der Waals surface area (Å²) in [6.07, 6.45) is 3.52. The fourth-order valence-electron chi connectivity index (χ4n) is 4.75.